The zero-order chi connectivity index (χ0) is 21.1. The van der Waals surface area contributed by atoms with Gasteiger partial charge in [0, 0.05) is 26.1 Å². The Labute approximate surface area is 197 Å². The van der Waals surface area contributed by atoms with E-state index in [-0.39, 0.29) is 0 Å². The number of anilines is 1. The molecule has 0 spiro atoms. The van der Waals surface area contributed by atoms with E-state index < -0.39 is 0 Å². The molecule has 1 atom stereocenters. The number of para-hydroxylation sites is 1. The average molecular weight is 479 g/mol. The molecule has 0 aliphatic carbocycles. The van der Waals surface area contributed by atoms with Crippen molar-refractivity contribution in [2.24, 2.45) is 0 Å². The van der Waals surface area contributed by atoms with Crippen molar-refractivity contribution in [3.63, 3.8) is 0 Å². The molecule has 1 heterocycles. The fourth-order valence-electron chi connectivity index (χ4n) is 3.96. The van der Waals surface area contributed by atoms with Crippen LogP contribution in [0.2, 0.25) is 15.1 Å². The normalized spacial score (nSPS) is 15.9. The third kappa shape index (κ3) is 5.09. The van der Waals surface area contributed by atoms with Crippen LogP contribution in [0.4, 0.5) is 5.69 Å². The van der Waals surface area contributed by atoms with Gasteiger partial charge in [0.15, 0.2) is 0 Å². The Morgan fingerprint density at radius 2 is 1.60 bits per heavy atom. The van der Waals surface area contributed by atoms with Crippen molar-refractivity contribution in [3.8, 4) is 0 Å². The number of nitrogens with one attached hydrogen (secondary N) is 1. The van der Waals surface area contributed by atoms with Crippen molar-refractivity contribution in [1.82, 2.24) is 0 Å². The molecule has 0 bridgehead atoms. The predicted octanol–water partition coefficient (Wildman–Crippen LogP) is 6.26. The predicted molar refractivity (Wildman–Crippen MR) is 130 cm³/mol. The van der Waals surface area contributed by atoms with Crippen LogP contribution in [-0.2, 0) is 0 Å². The summed E-state index contributed by atoms with van der Waals surface area (Å²) < 4.78 is 0. The van der Waals surface area contributed by atoms with Crippen LogP contribution in [0.3, 0.4) is 0 Å². The number of piperazine rings is 1. The van der Waals surface area contributed by atoms with Crippen LogP contribution < -0.4 is 9.80 Å². The summed E-state index contributed by atoms with van der Waals surface area (Å²) >= 11 is 20.4. The second-order valence-corrected chi connectivity index (χ2v) is 9.93. The highest BCUT2D eigenvalue weighted by atomic mass is 35.5. The van der Waals surface area contributed by atoms with Gasteiger partial charge in [0.2, 0.25) is 0 Å². The van der Waals surface area contributed by atoms with Crippen LogP contribution in [0.5, 0.6) is 0 Å². The highest BCUT2D eigenvalue weighted by molar-refractivity contribution is 7.99. The Morgan fingerprint density at radius 1 is 0.867 bits per heavy atom. The van der Waals surface area contributed by atoms with E-state index in [1.807, 2.05) is 24.3 Å². The maximum atomic E-state index is 6.39. The van der Waals surface area contributed by atoms with Gasteiger partial charge in [-0.3, -0.25) is 0 Å². The van der Waals surface area contributed by atoms with Crippen LogP contribution in [0, 0.1) is 0 Å². The number of benzene rings is 3. The molecule has 2 nitrogen and oxygen atoms in total. The van der Waals surface area contributed by atoms with Gasteiger partial charge in [0.05, 0.1) is 36.2 Å². The molecule has 30 heavy (non-hydrogen) atoms. The Balaban J connectivity index is 1.50. The van der Waals surface area contributed by atoms with Gasteiger partial charge in [0.1, 0.15) is 6.04 Å². The number of halogens is 3. The van der Waals surface area contributed by atoms with E-state index in [1.54, 1.807) is 16.7 Å². The van der Waals surface area contributed by atoms with E-state index in [2.05, 4.69) is 54.3 Å². The third-order valence-corrected chi connectivity index (χ3v) is 7.75. The molecule has 0 radical (unpaired) electrons. The maximum absolute atomic E-state index is 6.39. The first-order chi connectivity index (χ1) is 14.5. The molecule has 156 valence electrons. The first-order valence-electron chi connectivity index (χ1n) is 10.1. The van der Waals surface area contributed by atoms with Crippen molar-refractivity contribution >= 4 is 52.3 Å². The van der Waals surface area contributed by atoms with Crippen molar-refractivity contribution in [3.05, 3.63) is 87.4 Å². The summed E-state index contributed by atoms with van der Waals surface area (Å²) in [4.78, 5) is 6.34. The molecule has 4 rings (SSSR count). The standard InChI is InChI=1S/C24H23Cl3N2S/c1-17(28-11-13-29(14-12-28)19-5-3-2-4-6-19)21-15-18(25)7-10-24(21)30-20-8-9-22(26)23(27)16-20/h2-10,15-17H,11-14H2,1H3/p+1/t17-/m1/s1. The van der Waals surface area contributed by atoms with Gasteiger partial charge in [0.25, 0.3) is 0 Å². The zero-order valence-electron chi connectivity index (χ0n) is 16.7. The van der Waals surface area contributed by atoms with E-state index in [0.29, 0.717) is 16.1 Å². The summed E-state index contributed by atoms with van der Waals surface area (Å²) in [5.74, 6) is 0. The van der Waals surface area contributed by atoms with Crippen molar-refractivity contribution in [1.29, 1.82) is 0 Å². The maximum Gasteiger partial charge on any atom is 0.111 e. The van der Waals surface area contributed by atoms with Gasteiger partial charge >= 0.3 is 0 Å². The van der Waals surface area contributed by atoms with E-state index in [1.165, 1.54) is 16.1 Å². The topological polar surface area (TPSA) is 7.68 Å². The van der Waals surface area contributed by atoms with E-state index >= 15 is 0 Å². The number of hydrogen-bond donors (Lipinski definition) is 1. The summed E-state index contributed by atoms with van der Waals surface area (Å²) in [6.45, 7) is 6.61. The lowest BCUT2D eigenvalue weighted by atomic mass is 10.1. The molecule has 3 aromatic rings. The minimum Gasteiger partial charge on any atom is -0.360 e. The number of rotatable bonds is 5. The van der Waals surface area contributed by atoms with Crippen molar-refractivity contribution in [2.75, 3.05) is 31.1 Å². The molecule has 0 unspecified atom stereocenters. The molecular formula is C24H24Cl3N2S+. The summed E-state index contributed by atoms with van der Waals surface area (Å²) in [5, 5.41) is 1.93. The first-order valence-corrected chi connectivity index (χ1v) is 12.0. The molecule has 0 aromatic heterocycles. The molecule has 1 saturated heterocycles. The summed E-state index contributed by atoms with van der Waals surface area (Å²) in [5.41, 5.74) is 2.59. The molecule has 1 N–H and O–H groups in total. The molecule has 6 heteroatoms. The summed E-state index contributed by atoms with van der Waals surface area (Å²) in [6.07, 6.45) is 0. The van der Waals surface area contributed by atoms with Gasteiger partial charge < -0.3 is 9.80 Å². The monoisotopic (exact) mass is 477 g/mol. The molecular weight excluding hydrogens is 455 g/mol. The molecule has 0 saturated carbocycles. The largest absolute Gasteiger partial charge is 0.360 e. The summed E-state index contributed by atoms with van der Waals surface area (Å²) in [6, 6.07) is 23.0. The summed E-state index contributed by atoms with van der Waals surface area (Å²) in [7, 11) is 0. The number of hydrogen-bond acceptors (Lipinski definition) is 2. The van der Waals surface area contributed by atoms with E-state index in [0.717, 1.165) is 36.1 Å². The SMILES string of the molecule is C[C@H](c1cc(Cl)ccc1Sc1ccc(Cl)c(Cl)c1)[NH+]1CCN(c2ccccc2)CC1. The minimum absolute atomic E-state index is 0.354. The second kappa shape index (κ2) is 9.84. The lowest BCUT2D eigenvalue weighted by Crippen LogP contribution is -3.14. The molecule has 1 fully saturated rings. The van der Waals surface area contributed by atoms with E-state index in [4.69, 9.17) is 34.8 Å². The Bertz CT molecular complexity index is 1000. The van der Waals surface area contributed by atoms with Gasteiger partial charge in [-0.25, -0.2) is 0 Å². The van der Waals surface area contributed by atoms with Gasteiger partial charge in [-0.15, -0.1) is 0 Å². The quantitative estimate of drug-likeness (QED) is 0.462. The Morgan fingerprint density at radius 3 is 2.30 bits per heavy atom. The van der Waals surface area contributed by atoms with Crippen LogP contribution in [0.15, 0.2) is 76.5 Å². The van der Waals surface area contributed by atoms with E-state index in [9.17, 15) is 0 Å². The molecule has 1 aliphatic heterocycles. The van der Waals surface area contributed by atoms with Gasteiger partial charge in [-0.05, 0) is 55.5 Å². The Hall–Kier alpha value is -1.36. The Kier molecular flexibility index (Phi) is 7.17. The van der Waals surface area contributed by atoms with Crippen molar-refractivity contribution in [2.45, 2.75) is 22.8 Å². The fourth-order valence-corrected chi connectivity index (χ4v) is 5.56. The highest BCUT2D eigenvalue weighted by Gasteiger charge is 2.27. The first kappa shape index (κ1) is 21.9. The van der Waals surface area contributed by atoms with Crippen LogP contribution in [0.1, 0.15) is 18.5 Å². The van der Waals surface area contributed by atoms with Crippen LogP contribution in [-0.4, -0.2) is 26.2 Å². The zero-order valence-corrected chi connectivity index (χ0v) is 19.8. The highest BCUT2D eigenvalue weighted by Crippen LogP contribution is 2.36. The fraction of sp³-hybridized carbons (Fsp3) is 0.250. The minimum atomic E-state index is 0.354. The molecule has 3 aromatic carbocycles. The van der Waals surface area contributed by atoms with Crippen LogP contribution in [0.25, 0.3) is 0 Å². The average Bonchev–Trinajstić information content (AvgIpc) is 2.78. The van der Waals surface area contributed by atoms with Crippen LogP contribution >= 0.6 is 46.6 Å². The lowest BCUT2D eigenvalue weighted by molar-refractivity contribution is -0.930. The van der Waals surface area contributed by atoms with Gasteiger partial charge in [-0.2, -0.15) is 0 Å². The third-order valence-electron chi connectivity index (χ3n) is 5.70. The number of quaternary nitrogens is 1. The second-order valence-electron chi connectivity index (χ2n) is 7.56. The molecule has 0 amide bonds. The van der Waals surface area contributed by atoms with Crippen molar-refractivity contribution < 1.29 is 4.90 Å². The smallest absolute Gasteiger partial charge is 0.111 e. The number of nitrogens with zero attached hydrogens (tertiary/aromatic N) is 1. The molecule has 1 aliphatic rings. The van der Waals surface area contributed by atoms with Gasteiger partial charge in [-0.1, -0.05) is 64.8 Å². The lowest BCUT2D eigenvalue weighted by Gasteiger charge is -2.37.